The molecular formula is C22H20BrClN4O. The van der Waals surface area contributed by atoms with Crippen molar-refractivity contribution in [3.63, 3.8) is 0 Å². The van der Waals surface area contributed by atoms with Crippen LogP contribution in [0.3, 0.4) is 0 Å². The van der Waals surface area contributed by atoms with Gasteiger partial charge in [-0.3, -0.25) is 4.79 Å². The van der Waals surface area contributed by atoms with E-state index in [1.54, 1.807) is 0 Å². The van der Waals surface area contributed by atoms with Gasteiger partial charge in [-0.25, -0.2) is 9.97 Å². The number of anilines is 1. The SMILES string of the molecule is O=C(NC(c1ccccc1)c1ccc(Br)cc1)c1nc(N2CCCC2)ncc1Cl. The van der Waals surface area contributed by atoms with Crippen molar-refractivity contribution in [2.75, 3.05) is 18.0 Å². The van der Waals surface area contributed by atoms with Crippen LogP contribution in [0.5, 0.6) is 0 Å². The summed E-state index contributed by atoms with van der Waals surface area (Å²) in [6.07, 6.45) is 3.72. The summed E-state index contributed by atoms with van der Waals surface area (Å²) in [6.45, 7) is 1.79. The van der Waals surface area contributed by atoms with Crippen LogP contribution in [-0.4, -0.2) is 29.0 Å². The Balaban J connectivity index is 1.64. The average molecular weight is 472 g/mol. The first-order valence-electron chi connectivity index (χ1n) is 9.50. The molecular weight excluding hydrogens is 452 g/mol. The van der Waals surface area contributed by atoms with Gasteiger partial charge in [0, 0.05) is 17.6 Å². The van der Waals surface area contributed by atoms with Crippen LogP contribution in [0.1, 0.15) is 40.5 Å². The zero-order valence-electron chi connectivity index (χ0n) is 15.7. The van der Waals surface area contributed by atoms with Gasteiger partial charge in [0.2, 0.25) is 5.95 Å². The van der Waals surface area contributed by atoms with Gasteiger partial charge in [-0.15, -0.1) is 0 Å². The number of halogens is 2. The van der Waals surface area contributed by atoms with Crippen LogP contribution in [0.25, 0.3) is 0 Å². The van der Waals surface area contributed by atoms with Crippen LogP contribution in [-0.2, 0) is 0 Å². The number of carbonyl (C=O) groups excluding carboxylic acids is 1. The van der Waals surface area contributed by atoms with Crippen LogP contribution in [0.15, 0.2) is 65.3 Å². The zero-order valence-corrected chi connectivity index (χ0v) is 18.0. The molecule has 1 atom stereocenters. The van der Waals surface area contributed by atoms with E-state index in [-0.39, 0.29) is 22.7 Å². The number of aromatic nitrogens is 2. The Morgan fingerprint density at radius 3 is 2.38 bits per heavy atom. The lowest BCUT2D eigenvalue weighted by Crippen LogP contribution is -2.31. The molecule has 0 aliphatic carbocycles. The topological polar surface area (TPSA) is 58.1 Å². The van der Waals surface area contributed by atoms with Gasteiger partial charge in [-0.2, -0.15) is 0 Å². The highest BCUT2D eigenvalue weighted by atomic mass is 79.9. The van der Waals surface area contributed by atoms with E-state index in [9.17, 15) is 4.79 Å². The summed E-state index contributed by atoms with van der Waals surface area (Å²) in [5, 5.41) is 3.34. The van der Waals surface area contributed by atoms with Crippen molar-refractivity contribution in [1.82, 2.24) is 15.3 Å². The Morgan fingerprint density at radius 2 is 1.69 bits per heavy atom. The molecule has 148 valence electrons. The molecule has 4 rings (SSSR count). The molecule has 7 heteroatoms. The van der Waals surface area contributed by atoms with E-state index >= 15 is 0 Å². The molecule has 5 nitrogen and oxygen atoms in total. The molecule has 2 aromatic carbocycles. The molecule has 1 aliphatic rings. The van der Waals surface area contributed by atoms with Crippen LogP contribution in [0.4, 0.5) is 5.95 Å². The first kappa shape index (κ1) is 19.9. The maximum atomic E-state index is 13.1. The molecule has 1 amide bonds. The van der Waals surface area contributed by atoms with Crippen molar-refractivity contribution in [3.05, 3.63) is 87.1 Å². The van der Waals surface area contributed by atoms with Gasteiger partial charge in [0.15, 0.2) is 5.69 Å². The van der Waals surface area contributed by atoms with E-state index in [1.807, 2.05) is 54.6 Å². The van der Waals surface area contributed by atoms with E-state index in [4.69, 9.17) is 11.6 Å². The first-order chi connectivity index (χ1) is 14.1. The van der Waals surface area contributed by atoms with Gasteiger partial charge in [-0.1, -0.05) is 70.0 Å². The monoisotopic (exact) mass is 470 g/mol. The van der Waals surface area contributed by atoms with Gasteiger partial charge < -0.3 is 10.2 Å². The van der Waals surface area contributed by atoms with Crippen molar-refractivity contribution in [3.8, 4) is 0 Å². The average Bonchev–Trinajstić information content (AvgIpc) is 3.28. The Morgan fingerprint density at radius 1 is 1.03 bits per heavy atom. The lowest BCUT2D eigenvalue weighted by atomic mass is 9.98. The molecule has 0 radical (unpaired) electrons. The van der Waals surface area contributed by atoms with E-state index in [1.165, 1.54) is 6.20 Å². The van der Waals surface area contributed by atoms with Crippen molar-refractivity contribution < 1.29 is 4.79 Å². The Hall–Kier alpha value is -2.44. The lowest BCUT2D eigenvalue weighted by Gasteiger charge is -2.21. The first-order valence-corrected chi connectivity index (χ1v) is 10.7. The summed E-state index contributed by atoms with van der Waals surface area (Å²) in [5.41, 5.74) is 2.15. The fourth-order valence-electron chi connectivity index (χ4n) is 3.45. The number of nitrogens with one attached hydrogen (secondary N) is 1. The van der Waals surface area contributed by atoms with Crippen LogP contribution in [0, 0.1) is 0 Å². The summed E-state index contributed by atoms with van der Waals surface area (Å²) in [4.78, 5) is 24.0. The minimum atomic E-state index is -0.324. The van der Waals surface area contributed by atoms with Crippen LogP contribution in [0.2, 0.25) is 5.02 Å². The number of hydrogen-bond acceptors (Lipinski definition) is 4. The molecule has 29 heavy (non-hydrogen) atoms. The standard InChI is InChI=1S/C22H20BrClN4O/c23-17-10-8-16(9-11-17)19(15-6-2-1-3-7-15)26-21(29)20-18(24)14-25-22(27-20)28-12-4-5-13-28/h1-3,6-11,14,19H,4-5,12-13H2,(H,26,29). The van der Waals surface area contributed by atoms with Gasteiger partial charge >= 0.3 is 0 Å². The number of carbonyl (C=O) groups is 1. The van der Waals surface area contributed by atoms with Gasteiger partial charge in [0.1, 0.15) is 0 Å². The third-order valence-electron chi connectivity index (χ3n) is 4.95. The second-order valence-electron chi connectivity index (χ2n) is 6.93. The molecule has 1 aliphatic heterocycles. The van der Waals surface area contributed by atoms with Crippen molar-refractivity contribution in [2.24, 2.45) is 0 Å². The van der Waals surface area contributed by atoms with E-state index in [0.717, 1.165) is 41.5 Å². The fraction of sp³-hybridized carbons (Fsp3) is 0.227. The van der Waals surface area contributed by atoms with E-state index in [0.29, 0.717) is 5.95 Å². The lowest BCUT2D eigenvalue weighted by molar-refractivity contribution is 0.0938. The summed E-state index contributed by atoms with van der Waals surface area (Å²) in [6, 6.07) is 17.4. The fourth-order valence-corrected chi connectivity index (χ4v) is 3.89. The number of amides is 1. The quantitative estimate of drug-likeness (QED) is 0.568. The number of rotatable bonds is 5. The van der Waals surface area contributed by atoms with Gasteiger partial charge in [-0.05, 0) is 36.1 Å². The molecule has 1 fully saturated rings. The minimum absolute atomic E-state index is 0.196. The molecule has 1 aromatic heterocycles. The Kier molecular flexibility index (Phi) is 6.11. The molecule has 1 unspecified atom stereocenters. The number of nitrogens with zero attached hydrogens (tertiary/aromatic N) is 3. The predicted octanol–water partition coefficient (Wildman–Crippen LogP) is 5.01. The van der Waals surface area contributed by atoms with E-state index < -0.39 is 0 Å². The Bertz CT molecular complexity index is 991. The largest absolute Gasteiger partial charge is 0.341 e. The van der Waals surface area contributed by atoms with Gasteiger partial charge in [0.05, 0.1) is 17.3 Å². The minimum Gasteiger partial charge on any atom is -0.341 e. The summed E-state index contributed by atoms with van der Waals surface area (Å²) >= 11 is 9.75. The van der Waals surface area contributed by atoms with Crippen molar-refractivity contribution in [1.29, 1.82) is 0 Å². The molecule has 2 heterocycles. The number of hydrogen-bond donors (Lipinski definition) is 1. The molecule has 3 aromatic rings. The second-order valence-corrected chi connectivity index (χ2v) is 8.25. The maximum absolute atomic E-state index is 13.1. The number of benzene rings is 2. The third-order valence-corrected chi connectivity index (χ3v) is 5.75. The zero-order chi connectivity index (χ0) is 20.2. The normalized spacial score (nSPS) is 14.6. The third kappa shape index (κ3) is 4.60. The van der Waals surface area contributed by atoms with E-state index in [2.05, 4.69) is 36.1 Å². The molecule has 0 saturated carbocycles. The second kappa shape index (κ2) is 8.93. The van der Waals surface area contributed by atoms with Crippen LogP contribution >= 0.6 is 27.5 Å². The predicted molar refractivity (Wildman–Crippen MR) is 118 cm³/mol. The smallest absolute Gasteiger partial charge is 0.272 e. The molecule has 0 bridgehead atoms. The van der Waals surface area contributed by atoms with Crippen molar-refractivity contribution in [2.45, 2.75) is 18.9 Å². The summed E-state index contributed by atoms with van der Waals surface area (Å²) in [7, 11) is 0. The van der Waals surface area contributed by atoms with Crippen molar-refractivity contribution >= 4 is 39.4 Å². The molecule has 1 N–H and O–H groups in total. The summed E-state index contributed by atoms with van der Waals surface area (Å²) < 4.78 is 0.980. The highest BCUT2D eigenvalue weighted by Gasteiger charge is 2.23. The highest BCUT2D eigenvalue weighted by Crippen LogP contribution is 2.25. The summed E-state index contributed by atoms with van der Waals surface area (Å²) in [5.74, 6) is 0.228. The van der Waals surface area contributed by atoms with Gasteiger partial charge in [0.25, 0.3) is 5.91 Å². The highest BCUT2D eigenvalue weighted by molar-refractivity contribution is 9.10. The Labute approximate surface area is 183 Å². The molecule has 0 spiro atoms. The van der Waals surface area contributed by atoms with Crippen LogP contribution < -0.4 is 10.2 Å². The maximum Gasteiger partial charge on any atom is 0.272 e. The molecule has 1 saturated heterocycles.